The first-order chi connectivity index (χ1) is 6.61. The third kappa shape index (κ3) is 2.99. The second-order valence-electron chi connectivity index (χ2n) is 2.69. The van der Waals surface area contributed by atoms with E-state index in [9.17, 15) is 4.79 Å². The summed E-state index contributed by atoms with van der Waals surface area (Å²) in [5.74, 6) is 0. The van der Waals surface area contributed by atoms with E-state index in [1.54, 1.807) is 6.21 Å². The lowest BCUT2D eigenvalue weighted by Crippen LogP contribution is -2.24. The Balaban J connectivity index is 2.81. The summed E-state index contributed by atoms with van der Waals surface area (Å²) in [6.45, 7) is 1.99. The zero-order chi connectivity index (χ0) is 10.6. The molecule has 0 radical (unpaired) electrons. The van der Waals surface area contributed by atoms with Crippen molar-refractivity contribution in [1.29, 1.82) is 0 Å². The molecule has 74 valence electrons. The van der Waals surface area contributed by atoms with Crippen LogP contribution in [0.1, 0.15) is 11.1 Å². The molecule has 2 amide bonds. The van der Waals surface area contributed by atoms with E-state index in [0.717, 1.165) is 14.7 Å². The molecule has 1 rings (SSSR count). The number of benzene rings is 1. The molecule has 0 saturated carbocycles. The van der Waals surface area contributed by atoms with Crippen LogP contribution in [0.15, 0.2) is 23.3 Å². The van der Waals surface area contributed by atoms with Crippen molar-refractivity contribution in [3.05, 3.63) is 32.9 Å². The number of rotatable bonds is 2. The van der Waals surface area contributed by atoms with Crippen molar-refractivity contribution in [3.63, 3.8) is 0 Å². The van der Waals surface area contributed by atoms with Crippen LogP contribution in [0, 0.1) is 10.5 Å². The summed E-state index contributed by atoms with van der Waals surface area (Å²) < 4.78 is 1.16. The predicted octanol–water partition coefficient (Wildman–Crippen LogP) is 1.60. The molecule has 0 bridgehead atoms. The van der Waals surface area contributed by atoms with Gasteiger partial charge in [0.05, 0.1) is 6.21 Å². The van der Waals surface area contributed by atoms with Crippen LogP contribution in [-0.2, 0) is 0 Å². The van der Waals surface area contributed by atoms with E-state index in [4.69, 9.17) is 5.73 Å². The van der Waals surface area contributed by atoms with E-state index >= 15 is 0 Å². The summed E-state index contributed by atoms with van der Waals surface area (Å²) >= 11 is 2.24. The topological polar surface area (TPSA) is 67.5 Å². The number of hydrogen-bond acceptors (Lipinski definition) is 2. The lowest BCUT2D eigenvalue weighted by Gasteiger charge is -2.01. The average Bonchev–Trinajstić information content (AvgIpc) is 2.12. The van der Waals surface area contributed by atoms with Crippen LogP contribution >= 0.6 is 22.6 Å². The summed E-state index contributed by atoms with van der Waals surface area (Å²) in [6, 6.07) is 5.20. The van der Waals surface area contributed by atoms with Crippen molar-refractivity contribution < 1.29 is 4.79 Å². The SMILES string of the molecule is Cc1c(I)cccc1C=NNC(N)=O. The van der Waals surface area contributed by atoms with Crippen LogP contribution in [0.2, 0.25) is 0 Å². The molecule has 0 fully saturated rings. The maximum Gasteiger partial charge on any atom is 0.332 e. The van der Waals surface area contributed by atoms with Crippen molar-refractivity contribution >= 4 is 34.8 Å². The monoisotopic (exact) mass is 303 g/mol. The fourth-order valence-corrected chi connectivity index (χ4v) is 1.45. The molecule has 0 saturated heterocycles. The van der Waals surface area contributed by atoms with Crippen molar-refractivity contribution in [2.75, 3.05) is 0 Å². The van der Waals surface area contributed by atoms with E-state index in [1.165, 1.54) is 0 Å². The Morgan fingerprint density at radius 2 is 2.36 bits per heavy atom. The zero-order valence-electron chi connectivity index (χ0n) is 7.62. The molecule has 1 aromatic rings. The minimum absolute atomic E-state index is 0.662. The molecule has 0 aromatic heterocycles. The lowest BCUT2D eigenvalue weighted by molar-refractivity contribution is 0.249. The van der Waals surface area contributed by atoms with Gasteiger partial charge in [0.2, 0.25) is 0 Å². The predicted molar refractivity (Wildman–Crippen MR) is 64.2 cm³/mol. The van der Waals surface area contributed by atoms with Gasteiger partial charge in [-0.25, -0.2) is 10.2 Å². The maximum atomic E-state index is 10.3. The van der Waals surface area contributed by atoms with E-state index in [0.29, 0.717) is 0 Å². The van der Waals surface area contributed by atoms with Crippen LogP contribution in [0.25, 0.3) is 0 Å². The highest BCUT2D eigenvalue weighted by Gasteiger charge is 1.98. The Bertz CT molecular complexity index is 376. The molecule has 0 heterocycles. The van der Waals surface area contributed by atoms with E-state index in [2.05, 4.69) is 33.1 Å². The van der Waals surface area contributed by atoms with Crippen molar-refractivity contribution in [1.82, 2.24) is 5.43 Å². The lowest BCUT2D eigenvalue weighted by atomic mass is 10.1. The van der Waals surface area contributed by atoms with Gasteiger partial charge in [-0.3, -0.25) is 0 Å². The Hall–Kier alpha value is -1.11. The molecule has 5 heteroatoms. The van der Waals surface area contributed by atoms with Gasteiger partial charge in [-0.2, -0.15) is 5.10 Å². The van der Waals surface area contributed by atoms with Gasteiger partial charge < -0.3 is 5.73 Å². The standard InChI is InChI=1S/C9H10IN3O/c1-6-7(3-2-4-8(6)10)5-12-13-9(11)14/h2-5H,1H3,(H3,11,13,14). The molecule has 14 heavy (non-hydrogen) atoms. The normalized spacial score (nSPS) is 10.4. The second kappa shape index (κ2) is 4.94. The highest BCUT2D eigenvalue weighted by atomic mass is 127. The molecule has 0 aliphatic rings. The average molecular weight is 303 g/mol. The number of amides is 2. The van der Waals surface area contributed by atoms with Crippen LogP contribution in [0.4, 0.5) is 4.79 Å². The molecule has 0 spiro atoms. The first-order valence-corrected chi connectivity index (χ1v) is 5.03. The summed E-state index contributed by atoms with van der Waals surface area (Å²) in [6.07, 6.45) is 1.57. The molecule has 4 nitrogen and oxygen atoms in total. The molecular weight excluding hydrogens is 293 g/mol. The number of nitrogens with two attached hydrogens (primary N) is 1. The van der Waals surface area contributed by atoms with Gasteiger partial charge in [-0.15, -0.1) is 0 Å². The molecule has 0 aliphatic heterocycles. The van der Waals surface area contributed by atoms with Gasteiger partial charge in [0.25, 0.3) is 0 Å². The van der Waals surface area contributed by atoms with E-state index < -0.39 is 6.03 Å². The number of hydrogen-bond donors (Lipinski definition) is 2. The summed E-state index contributed by atoms with van der Waals surface area (Å²) in [5.41, 5.74) is 9.10. The molecular formula is C9H10IN3O. The van der Waals surface area contributed by atoms with Crippen LogP contribution in [0.5, 0.6) is 0 Å². The molecule has 0 atom stereocenters. The first-order valence-electron chi connectivity index (χ1n) is 3.95. The van der Waals surface area contributed by atoms with E-state index in [1.807, 2.05) is 25.1 Å². The number of carbonyl (C=O) groups is 1. The minimum atomic E-state index is -0.662. The summed E-state index contributed by atoms with van der Waals surface area (Å²) in [4.78, 5) is 10.3. The van der Waals surface area contributed by atoms with Crippen LogP contribution in [0.3, 0.4) is 0 Å². The van der Waals surface area contributed by atoms with Crippen molar-refractivity contribution in [2.45, 2.75) is 6.92 Å². The summed E-state index contributed by atoms with van der Waals surface area (Å²) in [5, 5.41) is 3.69. The smallest absolute Gasteiger partial charge is 0.332 e. The van der Waals surface area contributed by atoms with Crippen molar-refractivity contribution in [3.8, 4) is 0 Å². The largest absolute Gasteiger partial charge is 0.350 e. The third-order valence-corrected chi connectivity index (χ3v) is 2.86. The van der Waals surface area contributed by atoms with Gasteiger partial charge in [0.15, 0.2) is 0 Å². The van der Waals surface area contributed by atoms with Crippen molar-refractivity contribution in [2.24, 2.45) is 10.8 Å². The summed E-state index contributed by atoms with van der Waals surface area (Å²) in [7, 11) is 0. The van der Waals surface area contributed by atoms with Crippen LogP contribution in [-0.4, -0.2) is 12.2 Å². The fourth-order valence-electron chi connectivity index (χ4n) is 0.929. The number of urea groups is 1. The number of carbonyl (C=O) groups excluding carboxylic acids is 1. The highest BCUT2D eigenvalue weighted by molar-refractivity contribution is 14.1. The minimum Gasteiger partial charge on any atom is -0.350 e. The quantitative estimate of drug-likeness (QED) is 0.486. The Labute approximate surface area is 95.7 Å². The van der Waals surface area contributed by atoms with Gasteiger partial charge >= 0.3 is 6.03 Å². The third-order valence-electron chi connectivity index (χ3n) is 1.69. The van der Waals surface area contributed by atoms with Gasteiger partial charge in [-0.1, -0.05) is 12.1 Å². The van der Waals surface area contributed by atoms with E-state index in [-0.39, 0.29) is 0 Å². The Morgan fingerprint density at radius 3 is 3.00 bits per heavy atom. The molecule has 3 N–H and O–H groups in total. The zero-order valence-corrected chi connectivity index (χ0v) is 9.78. The Morgan fingerprint density at radius 1 is 1.64 bits per heavy atom. The molecule has 0 unspecified atom stereocenters. The molecule has 1 aromatic carbocycles. The first kappa shape index (κ1) is 11.0. The Kier molecular flexibility index (Phi) is 3.87. The maximum absolute atomic E-state index is 10.3. The number of halogens is 1. The van der Waals surface area contributed by atoms with Gasteiger partial charge in [0.1, 0.15) is 0 Å². The van der Waals surface area contributed by atoms with Gasteiger partial charge in [-0.05, 0) is 46.7 Å². The van der Waals surface area contributed by atoms with Gasteiger partial charge in [0, 0.05) is 3.57 Å². The number of primary amides is 1. The van der Waals surface area contributed by atoms with Crippen LogP contribution < -0.4 is 11.2 Å². The highest BCUT2D eigenvalue weighted by Crippen LogP contribution is 2.13. The number of nitrogens with zero attached hydrogens (tertiary/aromatic N) is 1. The fraction of sp³-hybridized carbons (Fsp3) is 0.111. The number of hydrazone groups is 1. The second-order valence-corrected chi connectivity index (χ2v) is 3.85. The molecule has 0 aliphatic carbocycles. The number of nitrogens with one attached hydrogen (secondary N) is 1.